The molecule has 4 rings (SSSR count). The molecular weight excluding hydrogens is 432 g/mol. The zero-order valence-electron chi connectivity index (χ0n) is 17.4. The molecule has 0 atom stereocenters. The Labute approximate surface area is 187 Å². The molecule has 0 aliphatic rings. The summed E-state index contributed by atoms with van der Waals surface area (Å²) in [5.41, 5.74) is 1.25. The van der Waals surface area contributed by atoms with E-state index >= 15 is 0 Å². The van der Waals surface area contributed by atoms with Gasteiger partial charge in [0.15, 0.2) is 5.16 Å². The van der Waals surface area contributed by atoms with E-state index in [1.807, 2.05) is 26.0 Å². The van der Waals surface area contributed by atoms with Crippen LogP contribution in [-0.2, 0) is 11.3 Å². The predicted molar refractivity (Wildman–Crippen MR) is 126 cm³/mol. The van der Waals surface area contributed by atoms with Crippen molar-refractivity contribution in [3.05, 3.63) is 52.9 Å². The second-order valence-electron chi connectivity index (χ2n) is 7.41. The summed E-state index contributed by atoms with van der Waals surface area (Å²) >= 11 is 2.63. The minimum absolute atomic E-state index is 0.0836. The molecule has 0 aliphatic carbocycles. The van der Waals surface area contributed by atoms with E-state index in [9.17, 15) is 9.59 Å². The lowest BCUT2D eigenvalue weighted by atomic mass is 10.2. The van der Waals surface area contributed by atoms with Gasteiger partial charge in [-0.25, -0.2) is 9.97 Å². The number of aromatic nitrogens is 3. The maximum absolute atomic E-state index is 13.2. The molecule has 0 saturated carbocycles. The molecule has 3 aromatic heterocycles. The van der Waals surface area contributed by atoms with Crippen molar-refractivity contribution in [1.82, 2.24) is 14.5 Å². The monoisotopic (exact) mass is 454 g/mol. The van der Waals surface area contributed by atoms with Gasteiger partial charge in [-0.3, -0.25) is 14.2 Å². The number of hydrogen-bond acceptors (Lipinski definition) is 7. The van der Waals surface area contributed by atoms with Crippen LogP contribution < -0.4 is 15.6 Å². The topological polar surface area (TPSA) is 86.1 Å². The first-order valence-electron chi connectivity index (χ1n) is 9.81. The molecule has 0 spiro atoms. The molecule has 0 unspecified atom stereocenters. The standard InChI is InChI=1S/C22H22N4O3S2/c1-13(2)11-26-21(28)19-18(16-5-4-10-23-20(16)31-19)25-22(26)30-12-17(27)24-14-6-8-15(29-3)9-7-14/h4-10,13H,11-12H2,1-3H3,(H,24,27). The van der Waals surface area contributed by atoms with Crippen LogP contribution in [0.15, 0.2) is 52.5 Å². The number of thioether (sulfide) groups is 1. The number of anilines is 1. The molecule has 0 saturated heterocycles. The number of nitrogens with one attached hydrogen (secondary N) is 1. The number of amides is 1. The van der Waals surface area contributed by atoms with Crippen molar-refractivity contribution in [3.63, 3.8) is 0 Å². The fraction of sp³-hybridized carbons (Fsp3) is 0.273. The van der Waals surface area contributed by atoms with Gasteiger partial charge in [0.05, 0.1) is 18.4 Å². The van der Waals surface area contributed by atoms with Crippen molar-refractivity contribution in [2.45, 2.75) is 25.5 Å². The lowest BCUT2D eigenvalue weighted by Crippen LogP contribution is -2.25. The average molecular weight is 455 g/mol. The van der Waals surface area contributed by atoms with Crippen LogP contribution in [0.25, 0.3) is 20.4 Å². The van der Waals surface area contributed by atoms with Crippen molar-refractivity contribution in [2.75, 3.05) is 18.2 Å². The molecule has 0 radical (unpaired) electrons. The Morgan fingerprint density at radius 2 is 2.03 bits per heavy atom. The van der Waals surface area contributed by atoms with Gasteiger partial charge in [-0.05, 0) is 42.3 Å². The minimum Gasteiger partial charge on any atom is -0.497 e. The van der Waals surface area contributed by atoms with Crippen LogP contribution in [0.5, 0.6) is 5.75 Å². The van der Waals surface area contributed by atoms with Gasteiger partial charge in [0.2, 0.25) is 5.91 Å². The number of thiophene rings is 1. The fourth-order valence-electron chi connectivity index (χ4n) is 3.18. The first-order chi connectivity index (χ1) is 15.0. The summed E-state index contributed by atoms with van der Waals surface area (Å²) < 4.78 is 7.41. The molecule has 1 aromatic carbocycles. The van der Waals surface area contributed by atoms with Crippen molar-refractivity contribution in [2.24, 2.45) is 5.92 Å². The predicted octanol–water partition coefficient (Wildman–Crippen LogP) is 4.40. The zero-order chi connectivity index (χ0) is 22.0. The van der Waals surface area contributed by atoms with Crippen LogP contribution in [0.2, 0.25) is 0 Å². The SMILES string of the molecule is COc1ccc(NC(=O)CSc2nc3c(sc4ncccc43)c(=O)n2CC(C)C)cc1. The van der Waals surface area contributed by atoms with Crippen molar-refractivity contribution < 1.29 is 9.53 Å². The van der Waals surface area contributed by atoms with Gasteiger partial charge in [-0.2, -0.15) is 0 Å². The first-order valence-corrected chi connectivity index (χ1v) is 11.6. The quantitative estimate of drug-likeness (QED) is 0.329. The molecule has 3 heterocycles. The maximum atomic E-state index is 13.2. The number of fused-ring (bicyclic) bond motifs is 3. The van der Waals surface area contributed by atoms with Crippen LogP contribution in [0.3, 0.4) is 0 Å². The van der Waals surface area contributed by atoms with Gasteiger partial charge in [0, 0.05) is 23.8 Å². The molecule has 9 heteroatoms. The van der Waals surface area contributed by atoms with E-state index in [0.29, 0.717) is 27.6 Å². The maximum Gasteiger partial charge on any atom is 0.272 e. The van der Waals surface area contributed by atoms with Crippen LogP contribution in [0.4, 0.5) is 5.69 Å². The third kappa shape index (κ3) is 4.57. The molecule has 0 fully saturated rings. The van der Waals surface area contributed by atoms with E-state index in [4.69, 9.17) is 9.72 Å². The van der Waals surface area contributed by atoms with Crippen molar-refractivity contribution in [1.29, 1.82) is 0 Å². The summed E-state index contributed by atoms with van der Waals surface area (Å²) in [5, 5.41) is 4.26. The van der Waals surface area contributed by atoms with E-state index in [-0.39, 0.29) is 23.1 Å². The summed E-state index contributed by atoms with van der Waals surface area (Å²) in [6.45, 7) is 4.63. The lowest BCUT2D eigenvalue weighted by molar-refractivity contribution is -0.113. The number of ether oxygens (including phenoxy) is 1. The molecule has 0 aliphatic heterocycles. The number of hydrogen-bond donors (Lipinski definition) is 1. The Morgan fingerprint density at radius 3 is 2.74 bits per heavy atom. The van der Waals surface area contributed by atoms with Crippen molar-refractivity contribution in [3.8, 4) is 5.75 Å². The highest BCUT2D eigenvalue weighted by Gasteiger charge is 2.18. The molecule has 31 heavy (non-hydrogen) atoms. The Morgan fingerprint density at radius 1 is 1.26 bits per heavy atom. The fourth-order valence-corrected chi connectivity index (χ4v) is 5.01. The van der Waals surface area contributed by atoms with Crippen LogP contribution in [0.1, 0.15) is 13.8 Å². The van der Waals surface area contributed by atoms with Gasteiger partial charge in [-0.15, -0.1) is 11.3 Å². The highest BCUT2D eigenvalue weighted by Crippen LogP contribution is 2.30. The summed E-state index contributed by atoms with van der Waals surface area (Å²) in [7, 11) is 1.59. The lowest BCUT2D eigenvalue weighted by Gasteiger charge is -2.14. The second kappa shape index (κ2) is 9.07. The van der Waals surface area contributed by atoms with Crippen LogP contribution >= 0.6 is 23.1 Å². The number of pyridine rings is 1. The third-order valence-corrected chi connectivity index (χ3v) is 6.64. The zero-order valence-corrected chi connectivity index (χ0v) is 19.0. The van der Waals surface area contributed by atoms with Gasteiger partial charge in [0.1, 0.15) is 15.3 Å². The average Bonchev–Trinajstić information content (AvgIpc) is 3.14. The number of rotatable bonds is 7. The van der Waals surface area contributed by atoms with E-state index in [1.54, 1.807) is 42.1 Å². The molecule has 1 amide bonds. The number of methoxy groups -OCH3 is 1. The Bertz CT molecular complexity index is 1300. The van der Waals surface area contributed by atoms with Gasteiger partial charge < -0.3 is 10.1 Å². The third-order valence-electron chi connectivity index (χ3n) is 4.57. The number of benzene rings is 1. The molecule has 160 valence electrons. The molecule has 7 nitrogen and oxygen atoms in total. The largest absolute Gasteiger partial charge is 0.497 e. The number of nitrogens with zero attached hydrogens (tertiary/aromatic N) is 3. The van der Waals surface area contributed by atoms with E-state index in [0.717, 1.165) is 16.0 Å². The number of carbonyl (C=O) groups excluding carboxylic acids is 1. The Kier molecular flexibility index (Phi) is 6.24. The van der Waals surface area contributed by atoms with Crippen LogP contribution in [0, 0.1) is 5.92 Å². The molecule has 0 bridgehead atoms. The molecule has 1 N–H and O–H groups in total. The highest BCUT2D eigenvalue weighted by atomic mass is 32.2. The van der Waals surface area contributed by atoms with Crippen molar-refractivity contribution >= 4 is 55.1 Å². The number of carbonyl (C=O) groups is 1. The molecule has 4 aromatic rings. The van der Waals surface area contributed by atoms with E-state index in [1.165, 1.54) is 23.1 Å². The highest BCUT2D eigenvalue weighted by molar-refractivity contribution is 7.99. The van der Waals surface area contributed by atoms with Gasteiger partial charge in [0.25, 0.3) is 5.56 Å². The Hall–Kier alpha value is -2.91. The van der Waals surface area contributed by atoms with E-state index < -0.39 is 0 Å². The van der Waals surface area contributed by atoms with Gasteiger partial charge >= 0.3 is 0 Å². The normalized spacial score (nSPS) is 11.4. The minimum atomic E-state index is -0.169. The summed E-state index contributed by atoms with van der Waals surface area (Å²) in [4.78, 5) is 35.7. The molecular formula is C22H22N4O3S2. The Balaban J connectivity index is 1.62. The summed E-state index contributed by atoms with van der Waals surface area (Å²) in [6.07, 6.45) is 1.71. The second-order valence-corrected chi connectivity index (χ2v) is 9.35. The summed E-state index contributed by atoms with van der Waals surface area (Å²) in [5.74, 6) is 0.956. The summed E-state index contributed by atoms with van der Waals surface area (Å²) in [6, 6.07) is 10.9. The van der Waals surface area contributed by atoms with Crippen LogP contribution in [-0.4, -0.2) is 33.3 Å². The smallest absolute Gasteiger partial charge is 0.272 e. The first kappa shape index (κ1) is 21.3. The van der Waals surface area contributed by atoms with Gasteiger partial charge in [-0.1, -0.05) is 25.6 Å². The van der Waals surface area contributed by atoms with E-state index in [2.05, 4.69) is 10.3 Å².